The number of fused-ring (bicyclic) bond motifs is 1. The van der Waals surface area contributed by atoms with Crippen LogP contribution >= 0.6 is 0 Å². The molecule has 0 unspecified atom stereocenters. The SMILES string of the molecule is CN1/C(=C\C=N\S(=O)(=O)C(F)(F)F)C(C)(C)c2ccccc21. The monoisotopic (exact) mass is 332 g/mol. The van der Waals surface area contributed by atoms with Crippen LogP contribution in [-0.2, 0) is 15.4 Å². The van der Waals surface area contributed by atoms with Gasteiger partial charge in [0.15, 0.2) is 0 Å². The largest absolute Gasteiger partial charge is 0.518 e. The zero-order valence-electron chi connectivity index (χ0n) is 12.2. The van der Waals surface area contributed by atoms with Crippen molar-refractivity contribution in [2.24, 2.45) is 4.40 Å². The molecular formula is C14H15F3N2O2S. The third kappa shape index (κ3) is 2.63. The lowest BCUT2D eigenvalue weighted by molar-refractivity contribution is -0.0435. The number of rotatable bonds is 2. The second-order valence-corrected chi connectivity index (χ2v) is 7.05. The van der Waals surface area contributed by atoms with Gasteiger partial charge in [0, 0.05) is 30.1 Å². The van der Waals surface area contributed by atoms with Crippen molar-refractivity contribution >= 4 is 21.9 Å². The number of alkyl halides is 3. The Morgan fingerprint density at radius 1 is 1.23 bits per heavy atom. The number of nitrogens with zero attached hydrogens (tertiary/aromatic N) is 2. The minimum absolute atomic E-state index is 0.459. The maximum absolute atomic E-state index is 12.2. The third-order valence-corrected chi connectivity index (χ3v) is 4.65. The number of anilines is 1. The molecule has 0 atom stereocenters. The number of benzene rings is 1. The van der Waals surface area contributed by atoms with Crippen LogP contribution in [0.4, 0.5) is 18.9 Å². The minimum atomic E-state index is -5.51. The first-order valence-electron chi connectivity index (χ1n) is 6.39. The molecule has 1 aromatic rings. The van der Waals surface area contributed by atoms with Gasteiger partial charge >= 0.3 is 15.5 Å². The molecular weight excluding hydrogens is 317 g/mol. The lowest BCUT2D eigenvalue weighted by Crippen LogP contribution is -2.23. The summed E-state index contributed by atoms with van der Waals surface area (Å²) in [6.45, 7) is 3.82. The summed E-state index contributed by atoms with van der Waals surface area (Å²) >= 11 is 0. The van der Waals surface area contributed by atoms with E-state index in [0.717, 1.165) is 11.3 Å². The lowest BCUT2D eigenvalue weighted by atomic mass is 9.84. The van der Waals surface area contributed by atoms with Crippen molar-refractivity contribution in [1.29, 1.82) is 0 Å². The fourth-order valence-electron chi connectivity index (χ4n) is 2.54. The Morgan fingerprint density at radius 2 is 1.82 bits per heavy atom. The van der Waals surface area contributed by atoms with Crippen LogP contribution in [-0.4, -0.2) is 27.2 Å². The molecule has 0 aromatic heterocycles. The van der Waals surface area contributed by atoms with Gasteiger partial charge in [-0.2, -0.15) is 26.0 Å². The number of hydrogen-bond acceptors (Lipinski definition) is 3. The lowest BCUT2D eigenvalue weighted by Gasteiger charge is -2.23. The molecule has 8 heteroatoms. The van der Waals surface area contributed by atoms with Gasteiger partial charge in [-0.15, -0.1) is 0 Å². The standard InChI is InChI=1S/C14H15F3N2O2S/c1-13(2)10-6-4-5-7-11(10)19(3)12(13)8-9-18-22(20,21)14(15,16)17/h4-9H,1-3H3/b12-8-,18-9+. The number of likely N-dealkylation sites (N-methyl/N-ethyl adjacent to an activating group) is 1. The average Bonchev–Trinajstić information content (AvgIpc) is 2.59. The van der Waals surface area contributed by atoms with Gasteiger partial charge in [0.1, 0.15) is 0 Å². The van der Waals surface area contributed by atoms with Gasteiger partial charge < -0.3 is 4.90 Å². The summed E-state index contributed by atoms with van der Waals surface area (Å²) in [5.41, 5.74) is -3.25. The Bertz CT molecular complexity index is 750. The summed E-state index contributed by atoms with van der Waals surface area (Å²) in [7, 11) is -3.74. The highest BCUT2D eigenvalue weighted by Gasteiger charge is 2.45. The van der Waals surface area contributed by atoms with E-state index in [0.29, 0.717) is 11.9 Å². The van der Waals surface area contributed by atoms with Crippen LogP contribution in [0.2, 0.25) is 0 Å². The number of hydrogen-bond donors (Lipinski definition) is 0. The van der Waals surface area contributed by atoms with Crippen molar-refractivity contribution in [3.8, 4) is 0 Å². The Kier molecular flexibility index (Phi) is 3.85. The topological polar surface area (TPSA) is 49.7 Å². The first-order valence-corrected chi connectivity index (χ1v) is 7.83. The zero-order valence-corrected chi connectivity index (χ0v) is 13.0. The van der Waals surface area contributed by atoms with Gasteiger partial charge in [-0.05, 0) is 17.7 Å². The summed E-state index contributed by atoms with van der Waals surface area (Å²) in [6.07, 6.45) is 1.98. The molecule has 2 rings (SSSR count). The van der Waals surface area contributed by atoms with Crippen molar-refractivity contribution < 1.29 is 21.6 Å². The van der Waals surface area contributed by atoms with Crippen LogP contribution in [0, 0.1) is 0 Å². The molecule has 0 aliphatic carbocycles. The van der Waals surface area contributed by atoms with E-state index in [2.05, 4.69) is 4.40 Å². The quantitative estimate of drug-likeness (QED) is 0.782. The molecule has 4 nitrogen and oxygen atoms in total. The summed E-state index contributed by atoms with van der Waals surface area (Å²) in [5.74, 6) is 0. The molecule has 1 aliphatic heterocycles. The van der Waals surface area contributed by atoms with Crippen LogP contribution in [0.15, 0.2) is 40.4 Å². The van der Waals surface area contributed by atoms with Crippen molar-refractivity contribution in [3.63, 3.8) is 0 Å². The van der Waals surface area contributed by atoms with Crippen LogP contribution in [0.5, 0.6) is 0 Å². The molecule has 0 saturated carbocycles. The molecule has 0 amide bonds. The van der Waals surface area contributed by atoms with Crippen molar-refractivity contribution in [3.05, 3.63) is 41.6 Å². The van der Waals surface area contributed by atoms with Crippen LogP contribution in [0.25, 0.3) is 0 Å². The fourth-order valence-corrected chi connectivity index (χ4v) is 2.88. The van der Waals surface area contributed by atoms with E-state index in [1.165, 1.54) is 6.08 Å². The highest BCUT2D eigenvalue weighted by molar-refractivity contribution is 7.91. The van der Waals surface area contributed by atoms with Crippen LogP contribution < -0.4 is 4.90 Å². The van der Waals surface area contributed by atoms with Crippen LogP contribution in [0.3, 0.4) is 0 Å². The van der Waals surface area contributed by atoms with Gasteiger partial charge in [-0.3, -0.25) is 0 Å². The van der Waals surface area contributed by atoms with Crippen molar-refractivity contribution in [1.82, 2.24) is 0 Å². The first kappa shape index (κ1) is 16.5. The molecule has 1 aromatic carbocycles. The number of para-hydroxylation sites is 1. The Labute approximate surface area is 127 Å². The van der Waals surface area contributed by atoms with Gasteiger partial charge in [0.25, 0.3) is 0 Å². The van der Waals surface area contributed by atoms with Gasteiger partial charge in [0.2, 0.25) is 0 Å². The van der Waals surface area contributed by atoms with E-state index in [9.17, 15) is 21.6 Å². The van der Waals surface area contributed by atoms with Gasteiger partial charge in [-0.25, -0.2) is 0 Å². The number of allylic oxidation sites excluding steroid dienone is 2. The summed E-state index contributed by atoms with van der Waals surface area (Å²) in [6, 6.07) is 7.55. The van der Waals surface area contributed by atoms with Crippen molar-refractivity contribution in [2.45, 2.75) is 24.8 Å². The molecule has 0 saturated heterocycles. The van der Waals surface area contributed by atoms with E-state index >= 15 is 0 Å². The molecule has 0 N–H and O–H groups in total. The van der Waals surface area contributed by atoms with E-state index in [4.69, 9.17) is 0 Å². The first-order chi connectivity index (χ1) is 9.98. The summed E-state index contributed by atoms with van der Waals surface area (Å²) in [4.78, 5) is 1.81. The molecule has 1 aliphatic rings. The maximum atomic E-state index is 12.2. The van der Waals surface area contributed by atoms with Gasteiger partial charge in [-0.1, -0.05) is 32.0 Å². The zero-order chi connectivity index (χ0) is 16.8. The normalized spacial score (nSPS) is 19.9. The molecule has 0 radical (unpaired) electrons. The molecule has 0 fully saturated rings. The smallest absolute Gasteiger partial charge is 0.347 e. The predicted octanol–water partition coefficient (Wildman–Crippen LogP) is 3.22. The second-order valence-electron chi connectivity index (χ2n) is 5.43. The Hall–Kier alpha value is -1.83. The van der Waals surface area contributed by atoms with Gasteiger partial charge in [0.05, 0.1) is 0 Å². The maximum Gasteiger partial charge on any atom is 0.518 e. The number of halogens is 3. The van der Waals surface area contributed by atoms with E-state index < -0.39 is 20.9 Å². The highest BCUT2D eigenvalue weighted by Crippen LogP contribution is 2.46. The molecule has 0 spiro atoms. The van der Waals surface area contributed by atoms with Crippen LogP contribution in [0.1, 0.15) is 19.4 Å². The molecule has 0 bridgehead atoms. The summed E-state index contributed by atoms with van der Waals surface area (Å²) in [5, 5.41) is 0. The van der Waals surface area contributed by atoms with E-state index in [1.54, 1.807) is 7.05 Å². The predicted molar refractivity (Wildman–Crippen MR) is 79.4 cm³/mol. The van der Waals surface area contributed by atoms with E-state index in [1.807, 2.05) is 43.0 Å². The minimum Gasteiger partial charge on any atom is -0.347 e. The molecule has 22 heavy (non-hydrogen) atoms. The molecule has 120 valence electrons. The third-order valence-electron chi connectivity index (χ3n) is 3.66. The average molecular weight is 332 g/mol. The summed E-state index contributed by atoms with van der Waals surface area (Å²) < 4.78 is 61.3. The Balaban J connectivity index is 2.39. The number of sulfonamides is 1. The second kappa shape index (κ2) is 5.12. The van der Waals surface area contributed by atoms with E-state index in [-0.39, 0.29) is 0 Å². The van der Waals surface area contributed by atoms with Crippen molar-refractivity contribution in [2.75, 3.05) is 11.9 Å². The molecule has 1 heterocycles. The fraction of sp³-hybridized carbons (Fsp3) is 0.357. The Morgan fingerprint density at radius 3 is 2.36 bits per heavy atom. The highest BCUT2D eigenvalue weighted by atomic mass is 32.2.